The van der Waals surface area contributed by atoms with E-state index in [4.69, 9.17) is 0 Å². The maximum Gasteiger partial charge on any atom is 0.228 e. The fraction of sp³-hybridized carbons (Fsp3) is 0.316. The highest BCUT2D eigenvalue weighted by atomic mass is 16.2. The molecule has 0 aliphatic carbocycles. The SMILES string of the molecule is Cn1nccc1CC(=O)N1CCN(c2cncc3ccccc23)CC1. The number of rotatable bonds is 3. The van der Waals surface area contributed by atoms with Crippen LogP contribution in [0.15, 0.2) is 48.9 Å². The van der Waals surface area contributed by atoms with E-state index in [9.17, 15) is 4.79 Å². The summed E-state index contributed by atoms with van der Waals surface area (Å²) in [6, 6.07) is 10.2. The lowest BCUT2D eigenvalue weighted by atomic mass is 10.1. The summed E-state index contributed by atoms with van der Waals surface area (Å²) in [5.41, 5.74) is 2.10. The van der Waals surface area contributed by atoms with Crippen LogP contribution in [-0.2, 0) is 18.3 Å². The van der Waals surface area contributed by atoms with Gasteiger partial charge in [-0.15, -0.1) is 0 Å². The van der Waals surface area contributed by atoms with Crippen molar-refractivity contribution in [2.24, 2.45) is 7.05 Å². The number of carbonyl (C=O) groups is 1. The molecular formula is C19H21N5O. The number of fused-ring (bicyclic) bond motifs is 1. The second kappa shape index (κ2) is 6.55. The topological polar surface area (TPSA) is 54.3 Å². The van der Waals surface area contributed by atoms with Gasteiger partial charge in [-0.3, -0.25) is 14.5 Å². The van der Waals surface area contributed by atoms with E-state index in [0.29, 0.717) is 6.42 Å². The summed E-state index contributed by atoms with van der Waals surface area (Å²) in [6.45, 7) is 3.12. The molecule has 0 saturated carbocycles. The molecule has 0 bridgehead atoms. The van der Waals surface area contributed by atoms with E-state index in [-0.39, 0.29) is 5.91 Å². The van der Waals surface area contributed by atoms with Gasteiger partial charge in [-0.25, -0.2) is 0 Å². The van der Waals surface area contributed by atoms with Gasteiger partial charge in [-0.05, 0) is 6.07 Å². The molecule has 0 unspecified atom stereocenters. The molecule has 1 aliphatic rings. The molecule has 0 N–H and O–H groups in total. The highest BCUT2D eigenvalue weighted by molar-refractivity contribution is 5.93. The number of anilines is 1. The summed E-state index contributed by atoms with van der Waals surface area (Å²) in [7, 11) is 1.87. The van der Waals surface area contributed by atoms with Crippen molar-refractivity contribution in [3.63, 3.8) is 0 Å². The molecule has 2 aromatic heterocycles. The van der Waals surface area contributed by atoms with Gasteiger partial charge in [0.15, 0.2) is 0 Å². The van der Waals surface area contributed by atoms with E-state index in [1.807, 2.05) is 36.5 Å². The number of aryl methyl sites for hydroxylation is 1. The first-order valence-electron chi connectivity index (χ1n) is 8.55. The Balaban J connectivity index is 1.44. The lowest BCUT2D eigenvalue weighted by molar-refractivity contribution is -0.130. The summed E-state index contributed by atoms with van der Waals surface area (Å²) in [5.74, 6) is 0.166. The molecule has 3 aromatic rings. The van der Waals surface area contributed by atoms with Gasteiger partial charge in [0, 0.05) is 62.1 Å². The predicted octanol–water partition coefficient (Wildman–Crippen LogP) is 1.86. The molecule has 1 saturated heterocycles. The van der Waals surface area contributed by atoms with Crippen LogP contribution in [0.4, 0.5) is 5.69 Å². The maximum atomic E-state index is 12.5. The summed E-state index contributed by atoms with van der Waals surface area (Å²) in [5, 5.41) is 6.49. The second-order valence-corrected chi connectivity index (χ2v) is 6.37. The van der Waals surface area contributed by atoms with Gasteiger partial charge in [0.1, 0.15) is 0 Å². The van der Waals surface area contributed by atoms with Gasteiger partial charge < -0.3 is 9.80 Å². The number of pyridine rings is 1. The van der Waals surface area contributed by atoms with Crippen LogP contribution in [0, 0.1) is 0 Å². The number of amides is 1. The highest BCUT2D eigenvalue weighted by Gasteiger charge is 2.23. The molecule has 6 nitrogen and oxygen atoms in total. The van der Waals surface area contributed by atoms with Crippen LogP contribution in [0.1, 0.15) is 5.69 Å². The standard InChI is InChI=1S/C19H21N5O/c1-22-16(6-7-21-22)12-19(25)24-10-8-23(9-11-24)18-14-20-13-15-4-2-3-5-17(15)18/h2-7,13-14H,8-12H2,1H3. The number of benzene rings is 1. The largest absolute Gasteiger partial charge is 0.366 e. The molecule has 25 heavy (non-hydrogen) atoms. The van der Waals surface area contributed by atoms with Crippen molar-refractivity contribution < 1.29 is 4.79 Å². The van der Waals surface area contributed by atoms with Gasteiger partial charge in [-0.1, -0.05) is 24.3 Å². The third-order valence-electron chi connectivity index (χ3n) is 4.88. The Labute approximate surface area is 146 Å². The zero-order chi connectivity index (χ0) is 17.2. The summed E-state index contributed by atoms with van der Waals surface area (Å²) < 4.78 is 1.76. The molecule has 0 spiro atoms. The molecule has 1 amide bonds. The molecule has 1 aliphatic heterocycles. The fourth-order valence-corrected chi connectivity index (χ4v) is 3.39. The molecule has 0 radical (unpaired) electrons. The van der Waals surface area contributed by atoms with Crippen LogP contribution in [0.5, 0.6) is 0 Å². The van der Waals surface area contributed by atoms with E-state index in [2.05, 4.69) is 33.2 Å². The second-order valence-electron chi connectivity index (χ2n) is 6.37. The molecule has 1 fully saturated rings. The molecule has 128 valence electrons. The highest BCUT2D eigenvalue weighted by Crippen LogP contribution is 2.26. The van der Waals surface area contributed by atoms with Gasteiger partial charge in [0.2, 0.25) is 5.91 Å². The molecular weight excluding hydrogens is 314 g/mol. The molecule has 0 atom stereocenters. The van der Waals surface area contributed by atoms with Gasteiger partial charge in [-0.2, -0.15) is 5.10 Å². The molecule has 1 aromatic carbocycles. The van der Waals surface area contributed by atoms with Crippen molar-refractivity contribution in [3.8, 4) is 0 Å². The van der Waals surface area contributed by atoms with Crippen LogP contribution in [0.2, 0.25) is 0 Å². The number of carbonyl (C=O) groups excluding carboxylic acids is 1. The van der Waals surface area contributed by atoms with Crippen LogP contribution in [0.25, 0.3) is 10.8 Å². The zero-order valence-corrected chi connectivity index (χ0v) is 14.3. The first kappa shape index (κ1) is 15.6. The van der Waals surface area contributed by atoms with Crippen LogP contribution in [0.3, 0.4) is 0 Å². The third-order valence-corrected chi connectivity index (χ3v) is 4.88. The molecule has 6 heteroatoms. The van der Waals surface area contributed by atoms with Crippen molar-refractivity contribution in [1.82, 2.24) is 19.7 Å². The Kier molecular flexibility index (Phi) is 4.09. The van der Waals surface area contributed by atoms with Crippen LogP contribution >= 0.6 is 0 Å². The van der Waals surface area contributed by atoms with Gasteiger partial charge in [0.25, 0.3) is 0 Å². The maximum absolute atomic E-state index is 12.5. The number of piperazine rings is 1. The Hall–Kier alpha value is -2.89. The Bertz CT molecular complexity index is 890. The monoisotopic (exact) mass is 335 g/mol. The minimum absolute atomic E-state index is 0.166. The minimum Gasteiger partial charge on any atom is -0.366 e. The number of hydrogen-bond acceptors (Lipinski definition) is 4. The average Bonchev–Trinajstić information content (AvgIpc) is 3.06. The summed E-state index contributed by atoms with van der Waals surface area (Å²) >= 11 is 0. The number of nitrogens with zero attached hydrogens (tertiary/aromatic N) is 5. The number of hydrogen-bond donors (Lipinski definition) is 0. The van der Waals surface area contributed by atoms with Crippen molar-refractivity contribution in [2.75, 3.05) is 31.1 Å². The van der Waals surface area contributed by atoms with E-state index < -0.39 is 0 Å². The van der Waals surface area contributed by atoms with Crippen molar-refractivity contribution in [2.45, 2.75) is 6.42 Å². The van der Waals surface area contributed by atoms with Gasteiger partial charge >= 0.3 is 0 Å². The summed E-state index contributed by atoms with van der Waals surface area (Å²) in [6.07, 6.45) is 5.96. The van der Waals surface area contributed by atoms with E-state index in [1.165, 1.54) is 5.39 Å². The lowest BCUT2D eigenvalue weighted by Gasteiger charge is -2.36. The predicted molar refractivity (Wildman–Crippen MR) is 97.4 cm³/mol. The Morgan fingerprint density at radius 3 is 2.64 bits per heavy atom. The first-order valence-corrected chi connectivity index (χ1v) is 8.55. The lowest BCUT2D eigenvalue weighted by Crippen LogP contribution is -2.49. The Morgan fingerprint density at radius 1 is 1.08 bits per heavy atom. The van der Waals surface area contributed by atoms with Crippen LogP contribution in [-0.4, -0.2) is 51.8 Å². The summed E-state index contributed by atoms with van der Waals surface area (Å²) in [4.78, 5) is 21.2. The zero-order valence-electron chi connectivity index (χ0n) is 14.3. The van der Waals surface area contributed by atoms with E-state index in [0.717, 1.165) is 42.9 Å². The third kappa shape index (κ3) is 3.07. The normalized spacial score (nSPS) is 14.9. The quantitative estimate of drug-likeness (QED) is 0.733. The average molecular weight is 335 g/mol. The Morgan fingerprint density at radius 2 is 1.88 bits per heavy atom. The smallest absolute Gasteiger partial charge is 0.228 e. The van der Waals surface area contributed by atoms with Gasteiger partial charge in [0.05, 0.1) is 18.3 Å². The molecule has 4 rings (SSSR count). The minimum atomic E-state index is 0.166. The van der Waals surface area contributed by atoms with Crippen LogP contribution < -0.4 is 4.90 Å². The van der Waals surface area contributed by atoms with E-state index >= 15 is 0 Å². The van der Waals surface area contributed by atoms with Crippen molar-refractivity contribution in [3.05, 3.63) is 54.6 Å². The van der Waals surface area contributed by atoms with Crippen molar-refractivity contribution in [1.29, 1.82) is 0 Å². The number of aromatic nitrogens is 3. The molecule has 3 heterocycles. The first-order chi connectivity index (χ1) is 12.2. The van der Waals surface area contributed by atoms with E-state index in [1.54, 1.807) is 10.9 Å². The fourth-order valence-electron chi connectivity index (χ4n) is 3.39. The van der Waals surface area contributed by atoms with Crippen molar-refractivity contribution >= 4 is 22.4 Å².